The summed E-state index contributed by atoms with van der Waals surface area (Å²) in [6, 6.07) is 10.7. The SMILES string of the molecule is Cc1cc(C)cc(NC(=O)COC(=O)Cn2nc(-c3ccc(F)cc3)oc2=O)c1. The van der Waals surface area contributed by atoms with E-state index in [1.807, 2.05) is 19.9 Å². The van der Waals surface area contributed by atoms with E-state index in [-0.39, 0.29) is 5.89 Å². The van der Waals surface area contributed by atoms with E-state index in [0.29, 0.717) is 11.3 Å². The normalized spacial score (nSPS) is 10.6. The second-order valence-corrected chi connectivity index (χ2v) is 6.42. The van der Waals surface area contributed by atoms with Gasteiger partial charge in [0.05, 0.1) is 0 Å². The molecule has 0 aliphatic rings. The van der Waals surface area contributed by atoms with Gasteiger partial charge in [-0.15, -0.1) is 5.10 Å². The third kappa shape index (κ3) is 5.38. The molecule has 0 bridgehead atoms. The van der Waals surface area contributed by atoms with Crippen LogP contribution in [0.5, 0.6) is 0 Å². The number of carbonyl (C=O) groups is 2. The number of aromatic nitrogens is 2. The van der Waals surface area contributed by atoms with Gasteiger partial charge in [0.1, 0.15) is 12.4 Å². The van der Waals surface area contributed by atoms with E-state index in [1.54, 1.807) is 12.1 Å². The van der Waals surface area contributed by atoms with Crippen LogP contribution in [0.2, 0.25) is 0 Å². The zero-order valence-corrected chi connectivity index (χ0v) is 15.8. The van der Waals surface area contributed by atoms with Crippen LogP contribution in [0.1, 0.15) is 11.1 Å². The number of nitrogens with zero attached hydrogens (tertiary/aromatic N) is 2. The first-order valence-electron chi connectivity index (χ1n) is 8.68. The van der Waals surface area contributed by atoms with E-state index >= 15 is 0 Å². The average Bonchev–Trinajstić information content (AvgIpc) is 3.00. The van der Waals surface area contributed by atoms with Gasteiger partial charge in [0, 0.05) is 11.3 Å². The van der Waals surface area contributed by atoms with Gasteiger partial charge < -0.3 is 14.5 Å². The summed E-state index contributed by atoms with van der Waals surface area (Å²) in [5.74, 6) is -2.72. The zero-order valence-electron chi connectivity index (χ0n) is 15.8. The van der Waals surface area contributed by atoms with Gasteiger partial charge in [0.2, 0.25) is 5.89 Å². The summed E-state index contributed by atoms with van der Waals surface area (Å²) in [4.78, 5) is 35.7. The molecule has 0 unspecified atom stereocenters. The van der Waals surface area contributed by atoms with Crippen molar-refractivity contribution in [1.29, 1.82) is 0 Å². The standard InChI is InChI=1S/C20H18FN3O5/c1-12-7-13(2)9-16(8-12)22-17(25)11-28-18(26)10-24-20(27)29-19(23-24)14-3-5-15(21)6-4-14/h3-9H,10-11H2,1-2H3,(H,22,25). The van der Waals surface area contributed by atoms with Crippen LogP contribution in [0, 0.1) is 19.7 Å². The van der Waals surface area contributed by atoms with Crippen molar-refractivity contribution >= 4 is 17.6 Å². The van der Waals surface area contributed by atoms with Crippen molar-refractivity contribution in [2.24, 2.45) is 0 Å². The lowest BCUT2D eigenvalue weighted by Crippen LogP contribution is -2.26. The van der Waals surface area contributed by atoms with Gasteiger partial charge in [-0.25, -0.2) is 9.18 Å². The van der Waals surface area contributed by atoms with E-state index in [2.05, 4.69) is 10.4 Å². The Labute approximate surface area is 164 Å². The van der Waals surface area contributed by atoms with Gasteiger partial charge in [0.15, 0.2) is 6.61 Å². The quantitative estimate of drug-likeness (QED) is 0.639. The van der Waals surface area contributed by atoms with Crippen LogP contribution < -0.4 is 11.1 Å². The lowest BCUT2D eigenvalue weighted by molar-refractivity contribution is -0.148. The van der Waals surface area contributed by atoms with Crippen molar-refractivity contribution in [2.75, 3.05) is 11.9 Å². The van der Waals surface area contributed by atoms with E-state index in [9.17, 15) is 18.8 Å². The van der Waals surface area contributed by atoms with E-state index in [4.69, 9.17) is 9.15 Å². The molecule has 9 heteroatoms. The summed E-state index contributed by atoms with van der Waals surface area (Å²) in [7, 11) is 0. The second kappa shape index (κ2) is 8.51. The van der Waals surface area contributed by atoms with Crippen LogP contribution in [-0.4, -0.2) is 28.3 Å². The van der Waals surface area contributed by atoms with E-state index in [0.717, 1.165) is 15.8 Å². The van der Waals surface area contributed by atoms with Crippen molar-refractivity contribution in [3.05, 3.63) is 70.0 Å². The van der Waals surface area contributed by atoms with Crippen LogP contribution in [0.3, 0.4) is 0 Å². The number of nitrogens with one attached hydrogen (secondary N) is 1. The molecular weight excluding hydrogens is 381 g/mol. The van der Waals surface area contributed by atoms with E-state index in [1.165, 1.54) is 24.3 Å². The number of halogens is 1. The molecule has 3 rings (SSSR count). The van der Waals surface area contributed by atoms with Crippen LogP contribution in [0.15, 0.2) is 51.7 Å². The zero-order chi connectivity index (χ0) is 21.0. The number of aryl methyl sites for hydroxylation is 2. The molecule has 0 saturated carbocycles. The van der Waals surface area contributed by atoms with Crippen molar-refractivity contribution in [1.82, 2.24) is 9.78 Å². The Morgan fingerprint density at radius 1 is 1.14 bits per heavy atom. The molecule has 3 aromatic rings. The number of amides is 1. The van der Waals surface area contributed by atoms with Crippen LogP contribution in [0.25, 0.3) is 11.5 Å². The average molecular weight is 399 g/mol. The Kier molecular flexibility index (Phi) is 5.87. The van der Waals surface area contributed by atoms with Crippen LogP contribution >= 0.6 is 0 Å². The number of benzene rings is 2. The lowest BCUT2D eigenvalue weighted by Gasteiger charge is -2.08. The molecule has 0 saturated heterocycles. The molecule has 29 heavy (non-hydrogen) atoms. The smallest absolute Gasteiger partial charge is 0.437 e. The number of rotatable bonds is 6. The molecule has 1 heterocycles. The van der Waals surface area contributed by atoms with Gasteiger partial charge in [0.25, 0.3) is 5.91 Å². The molecule has 150 valence electrons. The Morgan fingerprint density at radius 2 is 1.79 bits per heavy atom. The maximum atomic E-state index is 13.0. The third-order valence-electron chi connectivity index (χ3n) is 3.85. The fourth-order valence-corrected chi connectivity index (χ4v) is 2.67. The summed E-state index contributed by atoms with van der Waals surface area (Å²) >= 11 is 0. The molecule has 2 aromatic carbocycles. The highest BCUT2D eigenvalue weighted by Gasteiger charge is 2.15. The fraction of sp³-hybridized carbons (Fsp3) is 0.200. The molecule has 0 aliphatic carbocycles. The molecular formula is C20H18FN3O5. The minimum absolute atomic E-state index is 0.0599. The summed E-state index contributed by atoms with van der Waals surface area (Å²) in [5.41, 5.74) is 2.95. The highest BCUT2D eigenvalue weighted by Crippen LogP contribution is 2.16. The number of anilines is 1. The van der Waals surface area contributed by atoms with Crippen molar-refractivity contribution in [3.8, 4) is 11.5 Å². The summed E-state index contributed by atoms with van der Waals surface area (Å²) in [5, 5.41) is 6.51. The summed E-state index contributed by atoms with van der Waals surface area (Å²) in [6.07, 6.45) is 0. The molecule has 0 spiro atoms. The molecule has 0 aliphatic heterocycles. The third-order valence-corrected chi connectivity index (χ3v) is 3.85. The summed E-state index contributed by atoms with van der Waals surface area (Å²) < 4.78 is 23.6. The Morgan fingerprint density at radius 3 is 2.45 bits per heavy atom. The number of esters is 1. The largest absolute Gasteiger partial charge is 0.454 e. The molecule has 1 aromatic heterocycles. The van der Waals surface area contributed by atoms with Gasteiger partial charge in [-0.05, 0) is 61.4 Å². The van der Waals surface area contributed by atoms with Crippen molar-refractivity contribution < 1.29 is 23.1 Å². The number of ether oxygens (including phenoxy) is 1. The molecule has 0 radical (unpaired) electrons. The van der Waals surface area contributed by atoms with Crippen molar-refractivity contribution in [2.45, 2.75) is 20.4 Å². The van der Waals surface area contributed by atoms with E-state index < -0.39 is 36.6 Å². The number of carbonyl (C=O) groups excluding carboxylic acids is 2. The lowest BCUT2D eigenvalue weighted by atomic mass is 10.1. The molecule has 0 fully saturated rings. The highest BCUT2D eigenvalue weighted by molar-refractivity contribution is 5.92. The maximum Gasteiger partial charge on any atom is 0.437 e. The monoisotopic (exact) mass is 399 g/mol. The van der Waals surface area contributed by atoms with Crippen molar-refractivity contribution in [3.63, 3.8) is 0 Å². The second-order valence-electron chi connectivity index (χ2n) is 6.42. The van der Waals surface area contributed by atoms with Gasteiger partial charge in [-0.2, -0.15) is 4.68 Å². The molecule has 1 amide bonds. The van der Waals surface area contributed by atoms with Gasteiger partial charge in [-0.1, -0.05) is 6.07 Å². The van der Waals surface area contributed by atoms with Gasteiger partial charge >= 0.3 is 11.7 Å². The van der Waals surface area contributed by atoms with Crippen LogP contribution in [-0.2, 0) is 20.9 Å². The van der Waals surface area contributed by atoms with Crippen LogP contribution in [0.4, 0.5) is 10.1 Å². The maximum absolute atomic E-state index is 13.0. The summed E-state index contributed by atoms with van der Waals surface area (Å²) in [6.45, 7) is 2.76. The minimum atomic E-state index is -0.874. The number of hydrogen-bond donors (Lipinski definition) is 1. The predicted molar refractivity (Wildman–Crippen MR) is 102 cm³/mol. The topological polar surface area (TPSA) is 103 Å². The first kappa shape index (κ1) is 20.0. The first-order chi connectivity index (χ1) is 13.8. The Bertz CT molecular complexity index is 1080. The fourth-order valence-electron chi connectivity index (χ4n) is 2.67. The Hall–Kier alpha value is -3.75. The Balaban J connectivity index is 1.56. The minimum Gasteiger partial charge on any atom is -0.454 e. The molecule has 1 N–H and O–H groups in total. The molecule has 0 atom stereocenters. The first-order valence-corrected chi connectivity index (χ1v) is 8.68. The number of hydrogen-bond acceptors (Lipinski definition) is 6. The molecule has 8 nitrogen and oxygen atoms in total. The van der Waals surface area contributed by atoms with Gasteiger partial charge in [-0.3, -0.25) is 9.59 Å². The predicted octanol–water partition coefficient (Wildman–Crippen LogP) is 2.44. The highest BCUT2D eigenvalue weighted by atomic mass is 19.1.